The fraction of sp³-hybridized carbons (Fsp3) is 0.471. The lowest BCUT2D eigenvalue weighted by Crippen LogP contribution is -2.37. The van der Waals surface area contributed by atoms with Gasteiger partial charge in [0.1, 0.15) is 5.75 Å². The largest absolute Gasteiger partial charge is 0.497 e. The Hall–Kier alpha value is -1.97. The molecule has 0 unspecified atom stereocenters. The van der Waals surface area contributed by atoms with Crippen molar-refractivity contribution in [1.82, 2.24) is 9.88 Å². The monoisotopic (exact) mass is 286 g/mol. The molecule has 4 nitrogen and oxygen atoms in total. The van der Waals surface area contributed by atoms with Crippen molar-refractivity contribution < 1.29 is 9.53 Å². The van der Waals surface area contributed by atoms with Crippen LogP contribution in [0.15, 0.2) is 24.4 Å². The summed E-state index contributed by atoms with van der Waals surface area (Å²) in [6, 6.07) is 6.14. The lowest BCUT2D eigenvalue weighted by Gasteiger charge is -2.31. The molecule has 0 saturated carbocycles. The van der Waals surface area contributed by atoms with Gasteiger partial charge in [-0.15, -0.1) is 0 Å². The van der Waals surface area contributed by atoms with Gasteiger partial charge >= 0.3 is 0 Å². The van der Waals surface area contributed by atoms with E-state index in [2.05, 4.69) is 23.3 Å². The second-order valence-corrected chi connectivity index (χ2v) is 5.66. The minimum absolute atomic E-state index is 0.272. The standard InChI is InChI=1S/C17H22N2O2/c1-3-17(20)19-8-6-12(7-9-19)15-11-18-16-5-4-13(21-2)10-14(15)16/h4-5,10-12,18H,3,6-9H2,1-2H3. The Morgan fingerprint density at radius 1 is 1.38 bits per heavy atom. The number of ether oxygens (including phenoxy) is 1. The highest BCUT2D eigenvalue weighted by Crippen LogP contribution is 2.34. The zero-order valence-corrected chi connectivity index (χ0v) is 12.7. The first-order chi connectivity index (χ1) is 10.2. The Bertz CT molecular complexity index is 639. The van der Waals surface area contributed by atoms with E-state index in [0.717, 1.165) is 37.2 Å². The number of piperidine rings is 1. The molecule has 0 radical (unpaired) electrons. The molecule has 1 saturated heterocycles. The van der Waals surface area contributed by atoms with Crippen LogP contribution in [-0.4, -0.2) is 36.0 Å². The summed E-state index contributed by atoms with van der Waals surface area (Å²) >= 11 is 0. The molecular formula is C17H22N2O2. The number of carbonyl (C=O) groups excluding carboxylic acids is 1. The minimum atomic E-state index is 0.272. The number of hydrogen-bond acceptors (Lipinski definition) is 2. The lowest BCUT2D eigenvalue weighted by molar-refractivity contribution is -0.131. The molecule has 3 rings (SSSR count). The third-order valence-corrected chi connectivity index (χ3v) is 4.51. The van der Waals surface area contributed by atoms with Crippen LogP contribution in [0.25, 0.3) is 10.9 Å². The fourth-order valence-electron chi connectivity index (χ4n) is 3.25. The van der Waals surface area contributed by atoms with Crippen LogP contribution in [0.1, 0.15) is 37.7 Å². The van der Waals surface area contributed by atoms with E-state index in [9.17, 15) is 4.79 Å². The second-order valence-electron chi connectivity index (χ2n) is 5.66. The van der Waals surface area contributed by atoms with E-state index in [1.165, 1.54) is 10.9 Å². The molecule has 1 aromatic carbocycles. The number of fused-ring (bicyclic) bond motifs is 1. The van der Waals surface area contributed by atoms with E-state index in [4.69, 9.17) is 4.74 Å². The molecule has 2 heterocycles. The van der Waals surface area contributed by atoms with Crippen molar-refractivity contribution in [3.63, 3.8) is 0 Å². The van der Waals surface area contributed by atoms with Gasteiger partial charge in [-0.1, -0.05) is 6.92 Å². The van der Waals surface area contributed by atoms with Gasteiger partial charge in [0.25, 0.3) is 0 Å². The van der Waals surface area contributed by atoms with Crippen LogP contribution in [0.2, 0.25) is 0 Å². The van der Waals surface area contributed by atoms with Gasteiger partial charge in [0.2, 0.25) is 5.91 Å². The molecule has 1 aliphatic rings. The van der Waals surface area contributed by atoms with Crippen LogP contribution in [0, 0.1) is 0 Å². The quantitative estimate of drug-likeness (QED) is 0.941. The molecule has 0 aliphatic carbocycles. The Morgan fingerprint density at radius 2 is 2.14 bits per heavy atom. The molecule has 1 fully saturated rings. The highest BCUT2D eigenvalue weighted by Gasteiger charge is 2.24. The first kappa shape index (κ1) is 14.0. The van der Waals surface area contributed by atoms with Crippen LogP contribution in [0.4, 0.5) is 0 Å². The summed E-state index contributed by atoms with van der Waals surface area (Å²) in [6.07, 6.45) is 4.80. The average molecular weight is 286 g/mol. The molecule has 1 N–H and O–H groups in total. The van der Waals surface area contributed by atoms with Gasteiger partial charge in [0.05, 0.1) is 7.11 Å². The molecule has 1 aromatic heterocycles. The molecule has 2 aromatic rings. The van der Waals surface area contributed by atoms with E-state index in [1.807, 2.05) is 17.9 Å². The van der Waals surface area contributed by atoms with Gasteiger partial charge < -0.3 is 14.6 Å². The maximum Gasteiger partial charge on any atom is 0.222 e. The fourth-order valence-corrected chi connectivity index (χ4v) is 3.25. The molecular weight excluding hydrogens is 264 g/mol. The maximum absolute atomic E-state index is 11.8. The Morgan fingerprint density at radius 3 is 2.81 bits per heavy atom. The van der Waals surface area contributed by atoms with Gasteiger partial charge in [0, 0.05) is 36.6 Å². The van der Waals surface area contributed by atoms with Crippen molar-refractivity contribution >= 4 is 16.8 Å². The predicted molar refractivity (Wildman–Crippen MR) is 83.7 cm³/mol. The number of aromatic amines is 1. The first-order valence-corrected chi connectivity index (χ1v) is 7.65. The molecule has 4 heteroatoms. The zero-order chi connectivity index (χ0) is 14.8. The van der Waals surface area contributed by atoms with E-state index in [0.29, 0.717) is 12.3 Å². The van der Waals surface area contributed by atoms with Crippen LogP contribution in [0.5, 0.6) is 5.75 Å². The number of hydrogen-bond donors (Lipinski definition) is 1. The third kappa shape index (κ3) is 2.62. The number of H-pyrrole nitrogens is 1. The first-order valence-electron chi connectivity index (χ1n) is 7.65. The Kier molecular flexibility index (Phi) is 3.86. The van der Waals surface area contributed by atoms with Gasteiger partial charge in [-0.05, 0) is 42.5 Å². The van der Waals surface area contributed by atoms with Crippen LogP contribution in [0.3, 0.4) is 0 Å². The van der Waals surface area contributed by atoms with Crippen molar-refractivity contribution in [3.05, 3.63) is 30.0 Å². The van der Waals surface area contributed by atoms with Crippen molar-refractivity contribution in [2.24, 2.45) is 0 Å². The summed E-state index contributed by atoms with van der Waals surface area (Å²) in [5, 5.41) is 1.25. The molecule has 0 spiro atoms. The number of benzene rings is 1. The highest BCUT2D eigenvalue weighted by atomic mass is 16.5. The van der Waals surface area contributed by atoms with Crippen LogP contribution in [-0.2, 0) is 4.79 Å². The number of amides is 1. The summed E-state index contributed by atoms with van der Waals surface area (Å²) in [5.41, 5.74) is 2.50. The topological polar surface area (TPSA) is 45.3 Å². The number of nitrogens with one attached hydrogen (secondary N) is 1. The molecule has 21 heavy (non-hydrogen) atoms. The number of nitrogens with zero attached hydrogens (tertiary/aromatic N) is 1. The summed E-state index contributed by atoms with van der Waals surface area (Å²) in [5.74, 6) is 1.68. The lowest BCUT2D eigenvalue weighted by atomic mass is 9.89. The maximum atomic E-state index is 11.8. The van der Waals surface area contributed by atoms with Crippen molar-refractivity contribution in [1.29, 1.82) is 0 Å². The summed E-state index contributed by atoms with van der Waals surface area (Å²) < 4.78 is 5.33. The van der Waals surface area contributed by atoms with Crippen LogP contribution < -0.4 is 4.74 Å². The van der Waals surface area contributed by atoms with E-state index >= 15 is 0 Å². The normalized spacial score (nSPS) is 16.4. The van der Waals surface area contributed by atoms with E-state index in [1.54, 1.807) is 7.11 Å². The van der Waals surface area contributed by atoms with Gasteiger partial charge in [0.15, 0.2) is 0 Å². The number of carbonyl (C=O) groups is 1. The van der Waals surface area contributed by atoms with Crippen molar-refractivity contribution in [2.75, 3.05) is 20.2 Å². The number of likely N-dealkylation sites (tertiary alicyclic amines) is 1. The smallest absolute Gasteiger partial charge is 0.222 e. The molecule has 112 valence electrons. The van der Waals surface area contributed by atoms with Gasteiger partial charge in [-0.3, -0.25) is 4.79 Å². The number of aromatic nitrogens is 1. The van der Waals surface area contributed by atoms with Crippen LogP contribution >= 0.6 is 0 Å². The minimum Gasteiger partial charge on any atom is -0.497 e. The van der Waals surface area contributed by atoms with Crippen molar-refractivity contribution in [2.45, 2.75) is 32.1 Å². The molecule has 1 amide bonds. The van der Waals surface area contributed by atoms with E-state index < -0.39 is 0 Å². The SMILES string of the molecule is CCC(=O)N1CCC(c2c[nH]c3ccc(OC)cc23)CC1. The average Bonchev–Trinajstić information content (AvgIpc) is 2.97. The predicted octanol–water partition coefficient (Wildman–Crippen LogP) is 3.29. The summed E-state index contributed by atoms with van der Waals surface area (Å²) in [7, 11) is 1.70. The molecule has 0 bridgehead atoms. The Balaban J connectivity index is 1.80. The van der Waals surface area contributed by atoms with Gasteiger partial charge in [-0.2, -0.15) is 0 Å². The number of methoxy groups -OCH3 is 1. The number of rotatable bonds is 3. The van der Waals surface area contributed by atoms with Crippen molar-refractivity contribution in [3.8, 4) is 5.75 Å². The third-order valence-electron chi connectivity index (χ3n) is 4.51. The summed E-state index contributed by atoms with van der Waals surface area (Å²) in [6.45, 7) is 3.67. The highest BCUT2D eigenvalue weighted by molar-refractivity contribution is 5.85. The van der Waals surface area contributed by atoms with E-state index in [-0.39, 0.29) is 5.91 Å². The summed E-state index contributed by atoms with van der Waals surface area (Å²) in [4.78, 5) is 17.1. The molecule has 1 aliphatic heterocycles. The Labute approximate surface area is 125 Å². The molecule has 0 atom stereocenters. The second kappa shape index (κ2) is 5.80. The van der Waals surface area contributed by atoms with Gasteiger partial charge in [-0.25, -0.2) is 0 Å². The zero-order valence-electron chi connectivity index (χ0n) is 12.7.